The first-order valence-corrected chi connectivity index (χ1v) is 7.14. The van der Waals surface area contributed by atoms with E-state index in [9.17, 15) is 15.2 Å². The fourth-order valence-corrected chi connectivity index (χ4v) is 2.35. The third-order valence-corrected chi connectivity index (χ3v) is 3.58. The van der Waals surface area contributed by atoms with Gasteiger partial charge >= 0.3 is 0 Å². The summed E-state index contributed by atoms with van der Waals surface area (Å²) in [6.07, 6.45) is 1.34. The van der Waals surface area contributed by atoms with E-state index in [1.54, 1.807) is 12.1 Å². The predicted molar refractivity (Wildman–Crippen MR) is 90.7 cm³/mol. The maximum atomic E-state index is 10.9. The summed E-state index contributed by atoms with van der Waals surface area (Å²) in [5.74, 6) is 1.22. The Labute approximate surface area is 142 Å². The molecule has 0 fully saturated rings. The molecular weight excluding hydrogens is 328 g/mol. The molecule has 3 rings (SSSR count). The normalized spacial score (nSPS) is 10.5. The molecule has 0 radical (unpaired) electrons. The van der Waals surface area contributed by atoms with Crippen LogP contribution >= 0.6 is 0 Å². The number of rotatable bonds is 5. The zero-order valence-electron chi connectivity index (χ0n) is 13.4. The molecule has 0 aliphatic carbocycles. The van der Waals surface area contributed by atoms with E-state index in [2.05, 4.69) is 15.3 Å². The van der Waals surface area contributed by atoms with Gasteiger partial charge in [-0.2, -0.15) is 0 Å². The maximum Gasteiger partial charge on any atom is 0.271 e. The van der Waals surface area contributed by atoms with E-state index >= 15 is 0 Å². The van der Waals surface area contributed by atoms with Crippen LogP contribution in [0.2, 0.25) is 0 Å². The van der Waals surface area contributed by atoms with Gasteiger partial charge in [0.15, 0.2) is 11.5 Å². The van der Waals surface area contributed by atoms with Crippen molar-refractivity contribution in [3.63, 3.8) is 0 Å². The number of aromatic hydroxyl groups is 1. The number of aromatic nitrogens is 2. The predicted octanol–water partition coefficient (Wildman–Crippen LogP) is 3.00. The zero-order chi connectivity index (χ0) is 18.0. The molecule has 2 aromatic carbocycles. The molecule has 25 heavy (non-hydrogen) atoms. The zero-order valence-corrected chi connectivity index (χ0v) is 13.4. The Bertz CT molecular complexity index is 961. The average Bonchev–Trinajstić information content (AvgIpc) is 2.62. The van der Waals surface area contributed by atoms with E-state index in [4.69, 9.17) is 9.47 Å². The summed E-state index contributed by atoms with van der Waals surface area (Å²) in [4.78, 5) is 18.7. The molecule has 1 aromatic heterocycles. The molecule has 9 nitrogen and oxygen atoms in total. The third-order valence-electron chi connectivity index (χ3n) is 3.58. The van der Waals surface area contributed by atoms with E-state index in [0.29, 0.717) is 28.2 Å². The second kappa shape index (κ2) is 6.48. The summed E-state index contributed by atoms with van der Waals surface area (Å²) in [7, 11) is 3.03. The van der Waals surface area contributed by atoms with Gasteiger partial charge in [0.2, 0.25) is 0 Å². The Morgan fingerprint density at radius 1 is 1.12 bits per heavy atom. The van der Waals surface area contributed by atoms with Crippen molar-refractivity contribution in [1.29, 1.82) is 0 Å². The van der Waals surface area contributed by atoms with Gasteiger partial charge in [-0.05, 0) is 12.1 Å². The Morgan fingerprint density at radius 2 is 1.84 bits per heavy atom. The van der Waals surface area contributed by atoms with E-state index in [0.717, 1.165) is 0 Å². The lowest BCUT2D eigenvalue weighted by atomic mass is 10.2. The standard InChI is InChI=1S/C16H14N4O5/c1-24-14-6-10-11(7-15(14)25-2)17-8-18-16(10)19-12-5-9(20(22)23)3-4-13(12)21/h3-8,21H,1-2H3,(H,17,18,19). The van der Waals surface area contributed by atoms with Crippen LogP contribution < -0.4 is 14.8 Å². The van der Waals surface area contributed by atoms with Crippen LogP contribution in [0.3, 0.4) is 0 Å². The minimum Gasteiger partial charge on any atom is -0.506 e. The molecule has 0 saturated heterocycles. The molecule has 0 unspecified atom stereocenters. The second-order valence-electron chi connectivity index (χ2n) is 5.03. The molecule has 2 N–H and O–H groups in total. The number of phenolic OH excluding ortho intramolecular Hbond substituents is 1. The molecule has 0 atom stereocenters. The Hall–Kier alpha value is -3.62. The summed E-state index contributed by atoms with van der Waals surface area (Å²) >= 11 is 0. The summed E-state index contributed by atoms with van der Waals surface area (Å²) < 4.78 is 10.5. The van der Waals surface area contributed by atoms with Gasteiger partial charge in [-0.25, -0.2) is 9.97 Å². The number of hydrogen-bond acceptors (Lipinski definition) is 8. The largest absolute Gasteiger partial charge is 0.506 e. The van der Waals surface area contributed by atoms with Crippen molar-refractivity contribution in [3.05, 3.63) is 46.8 Å². The number of fused-ring (bicyclic) bond motifs is 1. The van der Waals surface area contributed by atoms with Gasteiger partial charge in [-0.15, -0.1) is 0 Å². The van der Waals surface area contributed by atoms with Crippen molar-refractivity contribution in [2.45, 2.75) is 0 Å². The van der Waals surface area contributed by atoms with Crippen LogP contribution in [0.1, 0.15) is 0 Å². The number of nitrogens with one attached hydrogen (secondary N) is 1. The van der Waals surface area contributed by atoms with Crippen molar-refractivity contribution in [2.24, 2.45) is 0 Å². The van der Waals surface area contributed by atoms with Gasteiger partial charge in [-0.3, -0.25) is 10.1 Å². The molecule has 3 aromatic rings. The number of nitrogens with zero attached hydrogens (tertiary/aromatic N) is 3. The second-order valence-corrected chi connectivity index (χ2v) is 5.03. The number of phenols is 1. The molecule has 1 heterocycles. The number of non-ortho nitro benzene ring substituents is 1. The number of benzene rings is 2. The first-order chi connectivity index (χ1) is 12.0. The molecule has 0 aliphatic heterocycles. The lowest BCUT2D eigenvalue weighted by Gasteiger charge is -2.12. The highest BCUT2D eigenvalue weighted by Gasteiger charge is 2.14. The fourth-order valence-electron chi connectivity index (χ4n) is 2.35. The molecule has 0 spiro atoms. The van der Waals surface area contributed by atoms with Crippen LogP contribution in [-0.2, 0) is 0 Å². The fraction of sp³-hybridized carbons (Fsp3) is 0.125. The number of hydrogen-bond donors (Lipinski definition) is 2. The lowest BCUT2D eigenvalue weighted by Crippen LogP contribution is -1.99. The van der Waals surface area contributed by atoms with Crippen LogP contribution in [0.4, 0.5) is 17.2 Å². The van der Waals surface area contributed by atoms with E-state index < -0.39 is 4.92 Å². The number of nitro benzene ring substituents is 1. The highest BCUT2D eigenvalue weighted by Crippen LogP contribution is 2.36. The molecule has 128 valence electrons. The highest BCUT2D eigenvalue weighted by molar-refractivity contribution is 5.93. The first kappa shape index (κ1) is 16.2. The van der Waals surface area contributed by atoms with Crippen LogP contribution in [0.5, 0.6) is 17.2 Å². The summed E-state index contributed by atoms with van der Waals surface area (Å²) in [5, 5.41) is 24.4. The average molecular weight is 342 g/mol. The number of nitro groups is 1. The Morgan fingerprint density at radius 3 is 2.52 bits per heavy atom. The molecular formula is C16H14N4O5. The maximum absolute atomic E-state index is 10.9. The van der Waals surface area contributed by atoms with Gasteiger partial charge in [0.05, 0.1) is 30.3 Å². The van der Waals surface area contributed by atoms with Gasteiger partial charge < -0.3 is 19.9 Å². The van der Waals surface area contributed by atoms with Crippen LogP contribution in [-0.4, -0.2) is 34.2 Å². The molecule has 0 aliphatic rings. The Balaban J connectivity index is 2.10. The number of anilines is 2. The monoisotopic (exact) mass is 342 g/mol. The SMILES string of the molecule is COc1cc2ncnc(Nc3cc([N+](=O)[O-])ccc3O)c2cc1OC. The Kier molecular flexibility index (Phi) is 4.21. The molecule has 9 heteroatoms. The van der Waals surface area contributed by atoms with Crippen molar-refractivity contribution in [2.75, 3.05) is 19.5 Å². The number of methoxy groups -OCH3 is 2. The number of ether oxygens (including phenoxy) is 2. The van der Waals surface area contributed by atoms with E-state index in [1.165, 1.54) is 38.7 Å². The molecule has 0 bridgehead atoms. The van der Waals surface area contributed by atoms with Crippen molar-refractivity contribution >= 4 is 28.1 Å². The lowest BCUT2D eigenvalue weighted by molar-refractivity contribution is -0.384. The summed E-state index contributed by atoms with van der Waals surface area (Å²) in [6.45, 7) is 0. The quantitative estimate of drug-likeness (QED) is 0.412. The van der Waals surface area contributed by atoms with Gasteiger partial charge in [-0.1, -0.05) is 0 Å². The van der Waals surface area contributed by atoms with Gasteiger partial charge in [0.25, 0.3) is 5.69 Å². The van der Waals surface area contributed by atoms with Crippen molar-refractivity contribution in [1.82, 2.24) is 9.97 Å². The molecule has 0 amide bonds. The minimum absolute atomic E-state index is 0.141. The third kappa shape index (κ3) is 3.07. The van der Waals surface area contributed by atoms with Crippen LogP contribution in [0.25, 0.3) is 10.9 Å². The first-order valence-electron chi connectivity index (χ1n) is 7.14. The van der Waals surface area contributed by atoms with Crippen LogP contribution in [0, 0.1) is 10.1 Å². The minimum atomic E-state index is -0.545. The summed E-state index contributed by atoms with van der Waals surface area (Å²) in [5.41, 5.74) is 0.585. The van der Waals surface area contributed by atoms with Crippen molar-refractivity contribution in [3.8, 4) is 17.2 Å². The van der Waals surface area contributed by atoms with E-state index in [1.807, 2.05) is 0 Å². The topological polar surface area (TPSA) is 120 Å². The van der Waals surface area contributed by atoms with E-state index in [-0.39, 0.29) is 17.1 Å². The van der Waals surface area contributed by atoms with Crippen LogP contribution in [0.15, 0.2) is 36.7 Å². The van der Waals surface area contributed by atoms with Gasteiger partial charge in [0, 0.05) is 23.6 Å². The van der Waals surface area contributed by atoms with Gasteiger partial charge in [0.1, 0.15) is 17.9 Å². The van der Waals surface area contributed by atoms with Crippen molar-refractivity contribution < 1.29 is 19.5 Å². The smallest absolute Gasteiger partial charge is 0.271 e. The highest BCUT2D eigenvalue weighted by atomic mass is 16.6. The summed E-state index contributed by atoms with van der Waals surface area (Å²) in [6, 6.07) is 7.06. The molecule has 0 saturated carbocycles.